The molecule has 1 saturated heterocycles. The van der Waals surface area contributed by atoms with Crippen LogP contribution < -0.4 is 0 Å². The zero-order valence-electron chi connectivity index (χ0n) is 14.2. The van der Waals surface area contributed by atoms with Gasteiger partial charge in [-0.3, -0.25) is 4.90 Å². The molecule has 0 N–H and O–H groups in total. The molecule has 0 radical (unpaired) electrons. The monoisotopic (exact) mass is 303 g/mol. The van der Waals surface area contributed by atoms with E-state index in [1.807, 2.05) is 4.90 Å². The number of likely N-dealkylation sites (tertiary alicyclic amines) is 1. The number of unbranched alkanes of at least 4 members (excludes halogenated alkanes) is 6. The van der Waals surface area contributed by atoms with E-state index in [1.54, 1.807) is 0 Å². The summed E-state index contributed by atoms with van der Waals surface area (Å²) in [4.78, 5) is 2.00. The Morgan fingerprint density at radius 2 is 1.48 bits per heavy atom. The van der Waals surface area contributed by atoms with Crippen LogP contribution in [-0.2, 0) is 0 Å². The summed E-state index contributed by atoms with van der Waals surface area (Å²) in [6.07, 6.45) is 12.8. The van der Waals surface area contributed by atoms with Crippen LogP contribution in [0.5, 0.6) is 0 Å². The summed E-state index contributed by atoms with van der Waals surface area (Å²) in [6, 6.07) is 0. The Morgan fingerprint density at radius 1 is 0.905 bits per heavy atom. The summed E-state index contributed by atoms with van der Waals surface area (Å²) in [5, 5.41) is 0. The van der Waals surface area contributed by atoms with Gasteiger partial charge in [-0.25, -0.2) is 8.78 Å². The van der Waals surface area contributed by atoms with Gasteiger partial charge in [0.2, 0.25) is 0 Å². The first-order chi connectivity index (χ1) is 10.1. The number of nitrogens with zero attached hydrogens (tertiary/aromatic N) is 1. The molecular formula is C18H35F2N. The molecule has 3 heteroatoms. The molecular weight excluding hydrogens is 268 g/mol. The standard InChI is InChI=1S/C18H35F2N/c1-3-5-7-9-11-17(12-10-8-6-4-2)15-21-14-13-18(19,20)16-21/h17H,3-16H2,1-2H3. The number of rotatable bonds is 12. The topological polar surface area (TPSA) is 3.24 Å². The molecule has 0 aromatic carbocycles. The lowest BCUT2D eigenvalue weighted by molar-refractivity contribution is 0.0105. The molecule has 0 atom stereocenters. The second-order valence-electron chi connectivity index (χ2n) is 6.91. The maximum absolute atomic E-state index is 13.3. The molecule has 1 heterocycles. The minimum Gasteiger partial charge on any atom is -0.297 e. The molecule has 0 aliphatic carbocycles. The minimum atomic E-state index is -2.44. The van der Waals surface area contributed by atoms with Gasteiger partial charge in [0.1, 0.15) is 0 Å². The van der Waals surface area contributed by atoms with Gasteiger partial charge in [0.25, 0.3) is 5.92 Å². The van der Waals surface area contributed by atoms with E-state index in [4.69, 9.17) is 0 Å². The molecule has 1 aliphatic heterocycles. The van der Waals surface area contributed by atoms with E-state index < -0.39 is 5.92 Å². The first-order valence-corrected chi connectivity index (χ1v) is 9.17. The highest BCUT2D eigenvalue weighted by molar-refractivity contribution is 4.83. The van der Waals surface area contributed by atoms with Crippen LogP contribution in [0.15, 0.2) is 0 Å². The second-order valence-corrected chi connectivity index (χ2v) is 6.91. The fourth-order valence-corrected chi connectivity index (χ4v) is 3.37. The SMILES string of the molecule is CCCCCCC(CCCCCC)CN1CCC(F)(F)C1. The average molecular weight is 303 g/mol. The smallest absolute Gasteiger partial charge is 0.261 e. The quantitative estimate of drug-likeness (QED) is 0.407. The second kappa shape index (κ2) is 10.5. The fourth-order valence-electron chi connectivity index (χ4n) is 3.37. The molecule has 21 heavy (non-hydrogen) atoms. The Bertz CT molecular complexity index is 244. The maximum atomic E-state index is 13.3. The Morgan fingerprint density at radius 3 is 1.90 bits per heavy atom. The third-order valence-electron chi connectivity index (χ3n) is 4.70. The Hall–Kier alpha value is -0.180. The van der Waals surface area contributed by atoms with E-state index in [1.165, 1.54) is 64.2 Å². The summed E-state index contributed by atoms with van der Waals surface area (Å²) in [5.41, 5.74) is 0. The van der Waals surface area contributed by atoms with Crippen molar-refractivity contribution in [1.82, 2.24) is 4.90 Å². The third-order valence-corrected chi connectivity index (χ3v) is 4.70. The van der Waals surface area contributed by atoms with Gasteiger partial charge in [-0.1, -0.05) is 65.2 Å². The van der Waals surface area contributed by atoms with Crippen LogP contribution in [0.25, 0.3) is 0 Å². The van der Waals surface area contributed by atoms with Crippen molar-refractivity contribution in [3.05, 3.63) is 0 Å². The lowest BCUT2D eigenvalue weighted by atomic mass is 9.94. The Balaban J connectivity index is 2.28. The Kier molecular flexibility index (Phi) is 9.46. The molecule has 0 unspecified atom stereocenters. The fraction of sp³-hybridized carbons (Fsp3) is 1.00. The van der Waals surface area contributed by atoms with Gasteiger partial charge in [0.05, 0.1) is 6.54 Å². The van der Waals surface area contributed by atoms with Crippen LogP contribution in [0.1, 0.15) is 84.5 Å². The predicted octanol–water partition coefficient (Wildman–Crippen LogP) is 5.88. The van der Waals surface area contributed by atoms with Crippen molar-refractivity contribution in [2.75, 3.05) is 19.6 Å². The highest BCUT2D eigenvalue weighted by Gasteiger charge is 2.38. The molecule has 0 amide bonds. The largest absolute Gasteiger partial charge is 0.297 e. The Labute approximate surface area is 130 Å². The summed E-state index contributed by atoms with van der Waals surface area (Å²) < 4.78 is 26.6. The van der Waals surface area contributed by atoms with Crippen LogP contribution in [0.3, 0.4) is 0 Å². The molecule has 0 bridgehead atoms. The molecule has 1 nitrogen and oxygen atoms in total. The normalized spacial score (nSPS) is 18.7. The summed E-state index contributed by atoms with van der Waals surface area (Å²) in [5.74, 6) is -1.80. The number of alkyl halides is 2. The lowest BCUT2D eigenvalue weighted by Crippen LogP contribution is -2.30. The number of halogens is 2. The molecule has 0 spiro atoms. The lowest BCUT2D eigenvalue weighted by Gasteiger charge is -2.24. The maximum Gasteiger partial charge on any atom is 0.261 e. The van der Waals surface area contributed by atoms with Crippen molar-refractivity contribution in [1.29, 1.82) is 0 Å². The van der Waals surface area contributed by atoms with Crippen LogP contribution in [0.4, 0.5) is 8.78 Å². The van der Waals surface area contributed by atoms with E-state index in [9.17, 15) is 8.78 Å². The van der Waals surface area contributed by atoms with E-state index in [0.717, 1.165) is 6.54 Å². The third kappa shape index (κ3) is 8.75. The van der Waals surface area contributed by atoms with Gasteiger partial charge in [-0.05, 0) is 18.8 Å². The summed E-state index contributed by atoms with van der Waals surface area (Å²) in [7, 11) is 0. The van der Waals surface area contributed by atoms with Crippen molar-refractivity contribution in [2.24, 2.45) is 5.92 Å². The van der Waals surface area contributed by atoms with Crippen LogP contribution in [-0.4, -0.2) is 30.5 Å². The van der Waals surface area contributed by atoms with Crippen LogP contribution in [0.2, 0.25) is 0 Å². The van der Waals surface area contributed by atoms with Crippen molar-refractivity contribution in [3.8, 4) is 0 Å². The van der Waals surface area contributed by atoms with Crippen LogP contribution >= 0.6 is 0 Å². The highest BCUT2D eigenvalue weighted by Crippen LogP contribution is 2.29. The van der Waals surface area contributed by atoms with Gasteiger partial charge in [0.15, 0.2) is 0 Å². The summed E-state index contributed by atoms with van der Waals surface area (Å²) >= 11 is 0. The molecule has 0 aromatic rings. The highest BCUT2D eigenvalue weighted by atomic mass is 19.3. The zero-order valence-corrected chi connectivity index (χ0v) is 14.2. The van der Waals surface area contributed by atoms with Gasteiger partial charge in [0, 0.05) is 19.5 Å². The molecule has 1 aliphatic rings. The van der Waals surface area contributed by atoms with E-state index >= 15 is 0 Å². The summed E-state index contributed by atoms with van der Waals surface area (Å²) in [6.45, 7) is 5.94. The van der Waals surface area contributed by atoms with Crippen molar-refractivity contribution >= 4 is 0 Å². The minimum absolute atomic E-state index is 0.00653. The number of hydrogen-bond donors (Lipinski definition) is 0. The van der Waals surface area contributed by atoms with Gasteiger partial charge in [-0.2, -0.15) is 0 Å². The van der Waals surface area contributed by atoms with E-state index in [2.05, 4.69) is 13.8 Å². The number of hydrogen-bond acceptors (Lipinski definition) is 1. The molecule has 0 saturated carbocycles. The molecule has 0 aromatic heterocycles. The predicted molar refractivity (Wildman–Crippen MR) is 87.0 cm³/mol. The first kappa shape index (κ1) is 18.9. The van der Waals surface area contributed by atoms with Gasteiger partial charge >= 0.3 is 0 Å². The van der Waals surface area contributed by atoms with Crippen LogP contribution in [0, 0.1) is 5.92 Å². The molecule has 1 rings (SSSR count). The first-order valence-electron chi connectivity index (χ1n) is 9.17. The van der Waals surface area contributed by atoms with Gasteiger partial charge in [-0.15, -0.1) is 0 Å². The zero-order chi connectivity index (χ0) is 15.6. The molecule has 1 fully saturated rings. The van der Waals surface area contributed by atoms with Crippen molar-refractivity contribution in [3.63, 3.8) is 0 Å². The average Bonchev–Trinajstić information content (AvgIpc) is 2.78. The van der Waals surface area contributed by atoms with Gasteiger partial charge < -0.3 is 0 Å². The van der Waals surface area contributed by atoms with E-state index in [0.29, 0.717) is 12.5 Å². The molecule has 126 valence electrons. The van der Waals surface area contributed by atoms with Crippen molar-refractivity contribution < 1.29 is 8.78 Å². The van der Waals surface area contributed by atoms with E-state index in [-0.39, 0.29) is 13.0 Å². The van der Waals surface area contributed by atoms with Crippen molar-refractivity contribution in [2.45, 2.75) is 90.4 Å².